The number of hydrogen-bond donors (Lipinski definition) is 2. The van der Waals surface area contributed by atoms with E-state index in [0.29, 0.717) is 31.5 Å². The molecule has 0 radical (unpaired) electrons. The van der Waals surface area contributed by atoms with E-state index < -0.39 is 17.0 Å². The van der Waals surface area contributed by atoms with Gasteiger partial charge in [0.05, 0.1) is 18.8 Å². The smallest absolute Gasteiger partial charge is 0.171 e. The number of fused-ring (bicyclic) bond motifs is 4. The topological polar surface area (TPSA) is 62.2 Å². The van der Waals surface area contributed by atoms with Crippen LogP contribution in [0.3, 0.4) is 0 Å². The van der Waals surface area contributed by atoms with Crippen LogP contribution in [0.5, 0.6) is 0 Å². The van der Waals surface area contributed by atoms with E-state index in [2.05, 4.69) is 75.9 Å². The summed E-state index contributed by atoms with van der Waals surface area (Å²) in [5.41, 5.74) is 3.01. The van der Waals surface area contributed by atoms with Crippen LogP contribution in [0.15, 0.2) is 35.4 Å². The van der Waals surface area contributed by atoms with Crippen molar-refractivity contribution in [2.45, 2.75) is 95.0 Å². The van der Waals surface area contributed by atoms with Gasteiger partial charge in [-0.25, -0.2) is 0 Å². The third kappa shape index (κ3) is 3.98. The van der Waals surface area contributed by atoms with Crippen molar-refractivity contribution in [3.8, 4) is 11.8 Å². The summed E-state index contributed by atoms with van der Waals surface area (Å²) in [5, 5.41) is 24.3. The molecule has 0 aromatic heterocycles. The minimum atomic E-state index is -0.976. The second-order valence-corrected chi connectivity index (χ2v) is 13.5. The first-order valence-electron chi connectivity index (χ1n) is 14.8. The summed E-state index contributed by atoms with van der Waals surface area (Å²) in [4.78, 5) is 2.13. The van der Waals surface area contributed by atoms with Crippen LogP contribution in [0.2, 0.25) is 0 Å². The highest BCUT2D eigenvalue weighted by atomic mass is 16.7. The van der Waals surface area contributed by atoms with Crippen molar-refractivity contribution in [1.82, 2.24) is 0 Å². The quantitative estimate of drug-likeness (QED) is 0.404. The van der Waals surface area contributed by atoms with Crippen molar-refractivity contribution < 1.29 is 19.7 Å². The molecule has 0 unspecified atom stereocenters. The van der Waals surface area contributed by atoms with Crippen molar-refractivity contribution in [2.75, 3.05) is 32.2 Å². The van der Waals surface area contributed by atoms with Crippen molar-refractivity contribution in [3.63, 3.8) is 0 Å². The monoisotopic (exact) mass is 519 g/mol. The van der Waals surface area contributed by atoms with Crippen LogP contribution in [0.4, 0.5) is 5.69 Å². The van der Waals surface area contributed by atoms with E-state index in [1.807, 2.05) is 0 Å². The summed E-state index contributed by atoms with van der Waals surface area (Å²) >= 11 is 0. The van der Waals surface area contributed by atoms with Gasteiger partial charge in [0.2, 0.25) is 0 Å². The van der Waals surface area contributed by atoms with Crippen LogP contribution < -0.4 is 4.90 Å². The van der Waals surface area contributed by atoms with Crippen LogP contribution in [0, 0.1) is 35.0 Å². The molecule has 5 nitrogen and oxygen atoms in total. The first kappa shape index (κ1) is 26.4. The molecule has 2 N–H and O–H groups in total. The molecule has 5 heteroatoms. The Morgan fingerprint density at radius 1 is 1.00 bits per heavy atom. The van der Waals surface area contributed by atoms with Gasteiger partial charge >= 0.3 is 0 Å². The number of nitrogens with zero attached hydrogens (tertiary/aromatic N) is 1. The average molecular weight is 520 g/mol. The maximum atomic E-state index is 12.2. The SMILES string of the molecule is CC(C)C#C[C@]1(O)CC[C@H]2[C@@H]3CC[C@@]4(O)CC5(CCC4=C3[C@@H](c3ccc(N(C)C)cc3)C[C@@]21C)OCCO5. The van der Waals surface area contributed by atoms with Crippen molar-refractivity contribution in [1.29, 1.82) is 0 Å². The van der Waals surface area contributed by atoms with Gasteiger partial charge < -0.3 is 24.6 Å². The van der Waals surface area contributed by atoms with Crippen LogP contribution >= 0.6 is 0 Å². The van der Waals surface area contributed by atoms with E-state index >= 15 is 0 Å². The Balaban J connectivity index is 1.47. The van der Waals surface area contributed by atoms with Crippen LogP contribution in [0.25, 0.3) is 0 Å². The predicted molar refractivity (Wildman–Crippen MR) is 150 cm³/mol. The molecule has 1 aliphatic heterocycles. The maximum Gasteiger partial charge on any atom is 0.171 e. The summed E-state index contributed by atoms with van der Waals surface area (Å²) in [6.45, 7) is 7.72. The molecular formula is C33H45NO4. The van der Waals surface area contributed by atoms with Crippen LogP contribution in [-0.2, 0) is 9.47 Å². The fraction of sp³-hybridized carbons (Fsp3) is 0.697. The molecule has 1 aromatic carbocycles. The number of rotatable bonds is 2. The van der Waals surface area contributed by atoms with E-state index in [-0.39, 0.29) is 17.3 Å². The molecule has 6 rings (SSSR count). The Morgan fingerprint density at radius 3 is 2.37 bits per heavy atom. The Hall–Kier alpha value is -1.84. The number of aliphatic hydroxyl groups is 2. The third-order valence-electron chi connectivity index (χ3n) is 10.8. The van der Waals surface area contributed by atoms with E-state index in [1.165, 1.54) is 22.4 Å². The molecule has 1 aromatic rings. The molecule has 4 fully saturated rings. The van der Waals surface area contributed by atoms with Crippen LogP contribution in [0.1, 0.15) is 83.6 Å². The average Bonchev–Trinajstić information content (AvgIpc) is 3.43. The molecule has 4 aliphatic carbocycles. The van der Waals surface area contributed by atoms with Gasteiger partial charge in [-0.05, 0) is 73.6 Å². The Bertz CT molecular complexity index is 1170. The standard InChI is InChI=1S/C33H45NO4/c1-22(2)10-15-32(36)16-12-27-25-11-14-31(35)21-33(37-18-19-38-33)17-13-28(31)29(25)26(20-30(27,32)3)23-6-8-24(9-7-23)34(4)5/h6-9,22,25-27,35-36H,11-14,16-21H2,1-5H3/t25-,26+,27-,30-,31+,32-/m0/s1. The number of ether oxygens (including phenoxy) is 2. The van der Waals surface area contributed by atoms with E-state index in [9.17, 15) is 10.2 Å². The Kier molecular flexibility index (Phi) is 6.32. The number of allylic oxidation sites excluding steroid dienone is 1. The molecule has 5 aliphatic rings. The van der Waals surface area contributed by atoms with Gasteiger partial charge in [0.15, 0.2) is 5.79 Å². The summed E-state index contributed by atoms with van der Waals surface area (Å²) in [6, 6.07) is 8.94. The molecule has 0 bridgehead atoms. The third-order valence-corrected chi connectivity index (χ3v) is 10.8. The molecule has 1 saturated heterocycles. The summed E-state index contributed by atoms with van der Waals surface area (Å²) in [7, 11) is 4.14. The van der Waals surface area contributed by atoms with Gasteiger partial charge in [-0.1, -0.05) is 50.3 Å². The van der Waals surface area contributed by atoms with Gasteiger partial charge in [0, 0.05) is 49.9 Å². The predicted octanol–water partition coefficient (Wildman–Crippen LogP) is 5.41. The van der Waals surface area contributed by atoms with E-state index in [4.69, 9.17) is 9.47 Å². The highest BCUT2D eigenvalue weighted by Gasteiger charge is 2.64. The lowest BCUT2D eigenvalue weighted by atomic mass is 9.49. The molecule has 3 saturated carbocycles. The van der Waals surface area contributed by atoms with Gasteiger partial charge in [0.1, 0.15) is 5.60 Å². The summed E-state index contributed by atoms with van der Waals surface area (Å²) in [6.07, 6.45) is 6.39. The zero-order valence-electron chi connectivity index (χ0n) is 23.8. The summed E-state index contributed by atoms with van der Waals surface area (Å²) in [5.74, 6) is 7.20. The minimum Gasteiger partial charge on any atom is -0.385 e. The first-order valence-corrected chi connectivity index (χ1v) is 14.8. The normalized spacial score (nSPS) is 39.4. The van der Waals surface area contributed by atoms with Crippen LogP contribution in [-0.4, -0.2) is 54.5 Å². The largest absolute Gasteiger partial charge is 0.385 e. The lowest BCUT2D eigenvalue weighted by molar-refractivity contribution is -0.208. The lowest BCUT2D eigenvalue weighted by Gasteiger charge is -2.57. The molecule has 1 spiro atoms. The summed E-state index contributed by atoms with van der Waals surface area (Å²) < 4.78 is 12.2. The zero-order chi connectivity index (χ0) is 26.9. The lowest BCUT2D eigenvalue weighted by Crippen LogP contribution is -2.55. The van der Waals surface area contributed by atoms with Gasteiger partial charge in [-0.2, -0.15) is 0 Å². The van der Waals surface area contributed by atoms with Crippen molar-refractivity contribution >= 4 is 5.69 Å². The number of anilines is 1. The molecule has 206 valence electrons. The molecule has 6 atom stereocenters. The Morgan fingerprint density at radius 2 is 1.71 bits per heavy atom. The molecular weight excluding hydrogens is 474 g/mol. The number of hydrogen-bond acceptors (Lipinski definition) is 5. The van der Waals surface area contributed by atoms with Gasteiger partial charge in [-0.3, -0.25) is 0 Å². The highest BCUT2D eigenvalue weighted by Crippen LogP contribution is 2.67. The fourth-order valence-electron chi connectivity index (χ4n) is 8.79. The molecule has 1 heterocycles. The fourth-order valence-corrected chi connectivity index (χ4v) is 8.79. The van der Waals surface area contributed by atoms with Gasteiger partial charge in [-0.15, -0.1) is 0 Å². The maximum absolute atomic E-state index is 12.2. The number of benzene rings is 1. The Labute approximate surface area is 228 Å². The molecule has 0 amide bonds. The van der Waals surface area contributed by atoms with Crippen molar-refractivity contribution in [3.05, 3.63) is 41.0 Å². The van der Waals surface area contributed by atoms with E-state index in [0.717, 1.165) is 44.9 Å². The zero-order valence-corrected chi connectivity index (χ0v) is 23.8. The highest BCUT2D eigenvalue weighted by molar-refractivity contribution is 5.50. The molecule has 38 heavy (non-hydrogen) atoms. The van der Waals surface area contributed by atoms with Gasteiger partial charge in [0.25, 0.3) is 0 Å². The minimum absolute atomic E-state index is 0.157. The van der Waals surface area contributed by atoms with Crippen molar-refractivity contribution in [2.24, 2.45) is 23.2 Å². The van der Waals surface area contributed by atoms with E-state index in [1.54, 1.807) is 0 Å². The second-order valence-electron chi connectivity index (χ2n) is 13.5. The first-order chi connectivity index (χ1) is 18.0. The second kappa shape index (κ2) is 9.10.